The number of aryl methyl sites for hydroxylation is 1. The fourth-order valence-corrected chi connectivity index (χ4v) is 3.88. The Hall–Kier alpha value is -3.80. The van der Waals surface area contributed by atoms with Gasteiger partial charge in [-0.15, -0.1) is 0 Å². The summed E-state index contributed by atoms with van der Waals surface area (Å²) in [5, 5.41) is 8.86. The van der Waals surface area contributed by atoms with Gasteiger partial charge in [-0.25, -0.2) is 4.79 Å². The lowest BCUT2D eigenvalue weighted by Crippen LogP contribution is -2.37. The van der Waals surface area contributed by atoms with Gasteiger partial charge >= 0.3 is 6.09 Å². The Kier molecular flexibility index (Phi) is 9.52. The van der Waals surface area contributed by atoms with Crippen LogP contribution in [0.4, 0.5) is 4.79 Å². The average molecular weight is 461 g/mol. The van der Waals surface area contributed by atoms with Gasteiger partial charge in [0.15, 0.2) is 0 Å². The molecule has 0 radical (unpaired) electrons. The molecule has 0 saturated carbocycles. The first-order valence-corrected chi connectivity index (χ1v) is 11.6. The van der Waals surface area contributed by atoms with Gasteiger partial charge in [0.1, 0.15) is 12.4 Å². The Morgan fingerprint density at radius 1 is 0.853 bits per heavy atom. The van der Waals surface area contributed by atoms with Crippen molar-refractivity contribution < 1.29 is 19.4 Å². The summed E-state index contributed by atoms with van der Waals surface area (Å²) >= 11 is 0. The molecule has 3 aromatic rings. The number of carboxylic acid groups (broad SMARTS) is 1. The molecule has 0 bridgehead atoms. The van der Waals surface area contributed by atoms with E-state index in [1.54, 1.807) is 24.3 Å². The van der Waals surface area contributed by atoms with Crippen molar-refractivity contribution >= 4 is 12.0 Å². The van der Waals surface area contributed by atoms with E-state index in [4.69, 9.17) is 15.6 Å². The molecule has 1 aliphatic rings. The number of ether oxygens (including phenoxy) is 1. The van der Waals surface area contributed by atoms with Crippen LogP contribution in [0.15, 0.2) is 84.9 Å². The highest BCUT2D eigenvalue weighted by molar-refractivity contribution is 5.92. The molecule has 0 spiro atoms. The lowest BCUT2D eigenvalue weighted by atomic mass is 9.91. The number of carbonyl (C=O) groups is 2. The number of piperidine rings is 1. The Labute approximate surface area is 201 Å². The number of rotatable bonds is 7. The maximum absolute atomic E-state index is 10.9. The van der Waals surface area contributed by atoms with E-state index < -0.39 is 12.0 Å². The van der Waals surface area contributed by atoms with E-state index in [9.17, 15) is 9.59 Å². The van der Waals surface area contributed by atoms with Gasteiger partial charge in [-0.3, -0.25) is 4.79 Å². The van der Waals surface area contributed by atoms with Gasteiger partial charge in [0.25, 0.3) is 0 Å². The molecule has 34 heavy (non-hydrogen) atoms. The zero-order valence-corrected chi connectivity index (χ0v) is 19.3. The second-order valence-electron chi connectivity index (χ2n) is 8.40. The van der Waals surface area contributed by atoms with Crippen molar-refractivity contribution in [2.24, 2.45) is 11.7 Å². The molecule has 1 heterocycles. The highest BCUT2D eigenvalue weighted by Gasteiger charge is 2.21. The lowest BCUT2D eigenvalue weighted by Gasteiger charge is -2.29. The highest BCUT2D eigenvalue weighted by atomic mass is 16.5. The van der Waals surface area contributed by atoms with Gasteiger partial charge in [0, 0.05) is 18.7 Å². The van der Waals surface area contributed by atoms with E-state index in [-0.39, 0.29) is 0 Å². The molecule has 6 nitrogen and oxygen atoms in total. The molecule has 0 atom stereocenters. The fraction of sp³-hybridized carbons (Fsp3) is 0.286. The maximum atomic E-state index is 10.9. The zero-order chi connectivity index (χ0) is 24.2. The molecule has 6 heteroatoms. The second kappa shape index (κ2) is 13.0. The van der Waals surface area contributed by atoms with E-state index in [1.807, 2.05) is 36.4 Å². The molecule has 3 aromatic carbocycles. The van der Waals surface area contributed by atoms with Crippen LogP contribution in [0.5, 0.6) is 5.75 Å². The summed E-state index contributed by atoms with van der Waals surface area (Å²) in [6.07, 6.45) is 3.54. The van der Waals surface area contributed by atoms with Crippen LogP contribution >= 0.6 is 0 Å². The first-order chi connectivity index (χ1) is 16.5. The van der Waals surface area contributed by atoms with Crippen LogP contribution in [0.25, 0.3) is 0 Å². The predicted molar refractivity (Wildman–Crippen MR) is 133 cm³/mol. The minimum atomic E-state index is -0.772. The van der Waals surface area contributed by atoms with Gasteiger partial charge in [-0.2, -0.15) is 0 Å². The molecular weight excluding hydrogens is 428 g/mol. The monoisotopic (exact) mass is 460 g/mol. The van der Waals surface area contributed by atoms with Crippen molar-refractivity contribution in [2.75, 3.05) is 13.1 Å². The van der Waals surface area contributed by atoms with Gasteiger partial charge in [-0.05, 0) is 67.0 Å². The molecule has 1 saturated heterocycles. The summed E-state index contributed by atoms with van der Waals surface area (Å²) in [5.41, 5.74) is 8.12. The number of primary amides is 1. The summed E-state index contributed by atoms with van der Waals surface area (Å²) in [6.45, 7) is 1.92. The molecular formula is C28H32N2O4. The van der Waals surface area contributed by atoms with Crippen LogP contribution in [0.3, 0.4) is 0 Å². The first kappa shape index (κ1) is 24.8. The van der Waals surface area contributed by atoms with Crippen LogP contribution in [-0.2, 0) is 13.0 Å². The van der Waals surface area contributed by atoms with Gasteiger partial charge in [0.2, 0.25) is 5.91 Å². The van der Waals surface area contributed by atoms with E-state index >= 15 is 0 Å². The molecule has 0 unspecified atom stereocenters. The average Bonchev–Trinajstić information content (AvgIpc) is 2.88. The van der Waals surface area contributed by atoms with Crippen molar-refractivity contribution in [3.05, 3.63) is 102 Å². The summed E-state index contributed by atoms with van der Waals surface area (Å²) in [5.74, 6) is 0.976. The summed E-state index contributed by atoms with van der Waals surface area (Å²) < 4.78 is 5.57. The number of amides is 2. The standard InChI is InChI=1S/C14H13NO2.C14H19NO2/c15-14(16)12-6-8-13(9-7-12)17-10-11-4-2-1-3-5-11;16-14(17)15-10-8-13(9-11-15)7-6-12-4-2-1-3-5-12/h1-9H,10H2,(H2,15,16);1-5,13H,6-11H2,(H,16,17). The quantitative estimate of drug-likeness (QED) is 0.495. The largest absolute Gasteiger partial charge is 0.489 e. The maximum Gasteiger partial charge on any atom is 0.407 e. The highest BCUT2D eigenvalue weighted by Crippen LogP contribution is 2.22. The lowest BCUT2D eigenvalue weighted by molar-refractivity contribution is 0.1000. The van der Waals surface area contributed by atoms with Crippen molar-refractivity contribution in [3.63, 3.8) is 0 Å². The topological polar surface area (TPSA) is 92.9 Å². The molecule has 2 amide bonds. The number of nitrogens with two attached hydrogens (primary N) is 1. The van der Waals surface area contributed by atoms with Crippen molar-refractivity contribution in [2.45, 2.75) is 32.3 Å². The predicted octanol–water partition coefficient (Wildman–Crippen LogP) is 5.37. The van der Waals surface area contributed by atoms with Crippen LogP contribution in [0, 0.1) is 5.92 Å². The van der Waals surface area contributed by atoms with Gasteiger partial charge < -0.3 is 20.5 Å². The first-order valence-electron chi connectivity index (χ1n) is 11.6. The number of carbonyl (C=O) groups excluding carboxylic acids is 1. The summed E-state index contributed by atoms with van der Waals surface area (Å²) in [7, 11) is 0. The zero-order valence-electron chi connectivity index (χ0n) is 19.3. The Morgan fingerprint density at radius 3 is 1.94 bits per heavy atom. The van der Waals surface area contributed by atoms with E-state index in [0.717, 1.165) is 30.6 Å². The third-order valence-corrected chi connectivity index (χ3v) is 5.96. The molecule has 1 aliphatic heterocycles. The van der Waals surface area contributed by atoms with Crippen molar-refractivity contribution in [1.29, 1.82) is 0 Å². The SMILES string of the molecule is NC(=O)c1ccc(OCc2ccccc2)cc1.O=C(O)N1CCC(CCc2ccccc2)CC1. The van der Waals surface area contributed by atoms with Crippen molar-refractivity contribution in [3.8, 4) is 5.75 Å². The van der Waals surface area contributed by atoms with Crippen LogP contribution < -0.4 is 10.5 Å². The molecule has 3 N–H and O–H groups in total. The smallest absolute Gasteiger partial charge is 0.407 e. The minimum Gasteiger partial charge on any atom is -0.489 e. The van der Waals surface area contributed by atoms with Crippen LogP contribution in [-0.4, -0.2) is 35.1 Å². The fourth-order valence-electron chi connectivity index (χ4n) is 3.88. The van der Waals surface area contributed by atoms with Crippen LogP contribution in [0.1, 0.15) is 40.7 Å². The summed E-state index contributed by atoms with van der Waals surface area (Å²) in [6, 6.07) is 27.2. The van der Waals surface area contributed by atoms with Gasteiger partial charge in [-0.1, -0.05) is 60.7 Å². The number of hydrogen-bond donors (Lipinski definition) is 2. The molecule has 4 rings (SSSR count). The molecule has 1 fully saturated rings. The van der Waals surface area contributed by atoms with Crippen molar-refractivity contribution in [1.82, 2.24) is 4.90 Å². The minimum absolute atomic E-state index is 0.431. The molecule has 0 aliphatic carbocycles. The van der Waals surface area contributed by atoms with E-state index in [2.05, 4.69) is 24.3 Å². The number of nitrogens with zero attached hydrogens (tertiary/aromatic N) is 1. The summed E-state index contributed by atoms with van der Waals surface area (Å²) in [4.78, 5) is 23.2. The van der Waals surface area contributed by atoms with E-state index in [1.165, 1.54) is 16.9 Å². The Morgan fingerprint density at radius 2 is 1.41 bits per heavy atom. The number of hydrogen-bond acceptors (Lipinski definition) is 3. The van der Waals surface area contributed by atoms with E-state index in [0.29, 0.717) is 31.2 Å². The second-order valence-corrected chi connectivity index (χ2v) is 8.40. The molecule has 178 valence electrons. The number of benzene rings is 3. The normalized spacial score (nSPS) is 13.5. The Bertz CT molecular complexity index is 1020. The third kappa shape index (κ3) is 8.28. The third-order valence-electron chi connectivity index (χ3n) is 5.96. The Balaban J connectivity index is 0.000000191. The molecule has 0 aromatic heterocycles. The van der Waals surface area contributed by atoms with Gasteiger partial charge in [0.05, 0.1) is 0 Å². The number of likely N-dealkylation sites (tertiary alicyclic amines) is 1. The van der Waals surface area contributed by atoms with Crippen LogP contribution in [0.2, 0.25) is 0 Å².